The smallest absolute Gasteiger partial charge is 0.128 e. The van der Waals surface area contributed by atoms with Crippen molar-refractivity contribution in [1.29, 1.82) is 0 Å². The van der Waals surface area contributed by atoms with Gasteiger partial charge in [-0.05, 0) is 13.8 Å². The molecule has 0 fully saturated rings. The average Bonchev–Trinajstić information content (AvgIpc) is 2.81. The fourth-order valence-corrected chi connectivity index (χ4v) is 2.08. The van der Waals surface area contributed by atoms with Gasteiger partial charge in [0.05, 0.1) is 31.4 Å². The van der Waals surface area contributed by atoms with Gasteiger partial charge in [0.1, 0.15) is 5.75 Å². The molecule has 0 unspecified atom stereocenters. The van der Waals surface area contributed by atoms with E-state index in [9.17, 15) is 0 Å². The number of hydrogen-bond donors (Lipinski definition) is 0. The first-order valence-electron chi connectivity index (χ1n) is 5.72. The van der Waals surface area contributed by atoms with E-state index in [0.29, 0.717) is 12.4 Å². The van der Waals surface area contributed by atoms with Gasteiger partial charge in [0.25, 0.3) is 0 Å². The Kier molecular flexibility index (Phi) is 3.87. The molecule has 96 valence electrons. The number of aromatic nitrogens is 3. The minimum Gasteiger partial charge on any atom is -0.496 e. The summed E-state index contributed by atoms with van der Waals surface area (Å²) in [6.07, 6.45) is 5.53. The number of rotatable bonds is 4. The molecular weight excluding hydrogens is 250 g/mol. The van der Waals surface area contributed by atoms with Gasteiger partial charge in [-0.2, -0.15) is 5.10 Å². The summed E-state index contributed by atoms with van der Waals surface area (Å²) in [5.74, 6) is 1.37. The third kappa shape index (κ3) is 2.48. The van der Waals surface area contributed by atoms with Gasteiger partial charge < -0.3 is 4.74 Å². The highest BCUT2D eigenvalue weighted by Crippen LogP contribution is 2.24. The molecule has 2 aromatic rings. The van der Waals surface area contributed by atoms with E-state index in [1.165, 1.54) is 0 Å². The Morgan fingerprint density at radius 3 is 2.72 bits per heavy atom. The largest absolute Gasteiger partial charge is 0.496 e. The predicted molar refractivity (Wildman–Crippen MR) is 71.1 cm³/mol. The SMILES string of the molecule is COc1c(C)cnc(Cn2cc(CCl)cn2)c1C. The maximum atomic E-state index is 5.75. The topological polar surface area (TPSA) is 39.9 Å². The highest BCUT2D eigenvalue weighted by atomic mass is 35.5. The molecule has 0 atom stereocenters. The Balaban J connectivity index is 2.29. The van der Waals surface area contributed by atoms with Gasteiger partial charge >= 0.3 is 0 Å². The monoisotopic (exact) mass is 265 g/mol. The molecule has 0 aromatic carbocycles. The summed E-state index contributed by atoms with van der Waals surface area (Å²) in [5.41, 5.74) is 4.07. The fourth-order valence-electron chi connectivity index (χ4n) is 1.95. The van der Waals surface area contributed by atoms with Gasteiger partial charge in [0, 0.05) is 29.1 Å². The van der Waals surface area contributed by atoms with Crippen LogP contribution in [0.2, 0.25) is 0 Å². The van der Waals surface area contributed by atoms with Crippen LogP contribution in [0.4, 0.5) is 0 Å². The van der Waals surface area contributed by atoms with Gasteiger partial charge in [-0.25, -0.2) is 0 Å². The zero-order chi connectivity index (χ0) is 13.1. The zero-order valence-electron chi connectivity index (χ0n) is 10.8. The fraction of sp³-hybridized carbons (Fsp3) is 0.385. The summed E-state index contributed by atoms with van der Waals surface area (Å²) in [6, 6.07) is 0. The molecule has 0 bridgehead atoms. The molecule has 0 saturated carbocycles. The third-order valence-electron chi connectivity index (χ3n) is 2.90. The third-order valence-corrected chi connectivity index (χ3v) is 3.21. The van der Waals surface area contributed by atoms with Crippen molar-refractivity contribution in [2.75, 3.05) is 7.11 Å². The van der Waals surface area contributed by atoms with Crippen LogP contribution in [0.25, 0.3) is 0 Å². The number of nitrogens with zero attached hydrogens (tertiary/aromatic N) is 3. The summed E-state index contributed by atoms with van der Waals surface area (Å²) in [6.45, 7) is 4.63. The zero-order valence-corrected chi connectivity index (χ0v) is 11.5. The van der Waals surface area contributed by atoms with Crippen LogP contribution in [0.15, 0.2) is 18.6 Å². The van der Waals surface area contributed by atoms with Crippen molar-refractivity contribution in [2.24, 2.45) is 0 Å². The molecule has 0 radical (unpaired) electrons. The first-order valence-corrected chi connectivity index (χ1v) is 6.25. The van der Waals surface area contributed by atoms with Gasteiger partial charge in [-0.3, -0.25) is 9.67 Å². The number of aryl methyl sites for hydroxylation is 1. The van der Waals surface area contributed by atoms with Crippen LogP contribution in [0.3, 0.4) is 0 Å². The molecule has 4 nitrogen and oxygen atoms in total. The van der Waals surface area contributed by atoms with E-state index in [0.717, 1.165) is 28.1 Å². The Bertz CT molecular complexity index is 551. The molecule has 2 heterocycles. The normalized spacial score (nSPS) is 10.7. The van der Waals surface area contributed by atoms with Gasteiger partial charge in [0.15, 0.2) is 0 Å². The van der Waals surface area contributed by atoms with Crippen LogP contribution in [0.5, 0.6) is 5.75 Å². The van der Waals surface area contributed by atoms with E-state index in [4.69, 9.17) is 16.3 Å². The predicted octanol–water partition coefficient (Wildman–Crippen LogP) is 2.69. The number of halogens is 1. The van der Waals surface area contributed by atoms with Gasteiger partial charge in [0.2, 0.25) is 0 Å². The van der Waals surface area contributed by atoms with Gasteiger partial charge in [-0.1, -0.05) is 0 Å². The summed E-state index contributed by atoms with van der Waals surface area (Å²) in [7, 11) is 1.68. The first-order chi connectivity index (χ1) is 8.65. The summed E-state index contributed by atoms with van der Waals surface area (Å²) in [5, 5.41) is 4.25. The Hall–Kier alpha value is -1.55. The van der Waals surface area contributed by atoms with Crippen LogP contribution in [0.1, 0.15) is 22.4 Å². The molecule has 2 rings (SSSR count). The standard InChI is InChI=1S/C13H16ClN3O/c1-9-5-15-12(10(2)13(9)18-3)8-17-7-11(4-14)6-16-17/h5-7H,4,8H2,1-3H3. The quantitative estimate of drug-likeness (QED) is 0.798. The molecule has 5 heteroatoms. The van der Waals surface area contributed by atoms with Crippen molar-refractivity contribution in [3.05, 3.63) is 41.0 Å². The van der Waals surface area contributed by atoms with E-state index in [1.807, 2.05) is 30.9 Å². The molecule has 2 aromatic heterocycles. The molecule has 0 saturated heterocycles. The van der Waals surface area contributed by atoms with E-state index in [2.05, 4.69) is 10.1 Å². The molecule has 0 N–H and O–H groups in total. The highest BCUT2D eigenvalue weighted by Gasteiger charge is 2.10. The van der Waals surface area contributed by atoms with Crippen molar-refractivity contribution >= 4 is 11.6 Å². The van der Waals surface area contributed by atoms with E-state index >= 15 is 0 Å². The molecule has 0 aliphatic carbocycles. The highest BCUT2D eigenvalue weighted by molar-refractivity contribution is 6.17. The molecule has 0 aliphatic rings. The molecular formula is C13H16ClN3O. The lowest BCUT2D eigenvalue weighted by atomic mass is 10.1. The first kappa shape index (κ1) is 12.9. The van der Waals surface area contributed by atoms with Crippen molar-refractivity contribution in [1.82, 2.24) is 14.8 Å². The van der Waals surface area contributed by atoms with Crippen molar-refractivity contribution in [2.45, 2.75) is 26.3 Å². The number of hydrogen-bond acceptors (Lipinski definition) is 3. The minimum absolute atomic E-state index is 0.476. The Morgan fingerprint density at radius 1 is 1.33 bits per heavy atom. The summed E-state index contributed by atoms with van der Waals surface area (Å²) >= 11 is 5.75. The van der Waals surface area contributed by atoms with Crippen LogP contribution in [-0.4, -0.2) is 21.9 Å². The molecule has 18 heavy (non-hydrogen) atoms. The second-order valence-electron chi connectivity index (χ2n) is 4.23. The molecule has 0 aliphatic heterocycles. The molecule has 0 amide bonds. The maximum absolute atomic E-state index is 5.75. The number of alkyl halides is 1. The van der Waals surface area contributed by atoms with Gasteiger partial charge in [-0.15, -0.1) is 11.6 Å². The number of pyridine rings is 1. The second-order valence-corrected chi connectivity index (χ2v) is 4.49. The minimum atomic E-state index is 0.476. The lowest BCUT2D eigenvalue weighted by Crippen LogP contribution is -2.06. The Morgan fingerprint density at radius 2 is 2.11 bits per heavy atom. The van der Waals surface area contributed by atoms with Crippen molar-refractivity contribution < 1.29 is 4.74 Å². The van der Waals surface area contributed by atoms with Crippen molar-refractivity contribution in [3.63, 3.8) is 0 Å². The number of ether oxygens (including phenoxy) is 1. The van der Waals surface area contributed by atoms with E-state index in [1.54, 1.807) is 13.3 Å². The Labute approximate surface area is 112 Å². The molecule has 0 spiro atoms. The van der Waals surface area contributed by atoms with Crippen molar-refractivity contribution in [3.8, 4) is 5.75 Å². The summed E-state index contributed by atoms with van der Waals surface area (Å²) < 4.78 is 7.22. The maximum Gasteiger partial charge on any atom is 0.128 e. The van der Waals surface area contributed by atoms with Crippen LogP contribution in [0, 0.1) is 13.8 Å². The second kappa shape index (κ2) is 5.40. The van der Waals surface area contributed by atoms with Crippen LogP contribution in [-0.2, 0) is 12.4 Å². The number of methoxy groups -OCH3 is 1. The van der Waals surface area contributed by atoms with E-state index in [-0.39, 0.29) is 0 Å². The van der Waals surface area contributed by atoms with Crippen LogP contribution < -0.4 is 4.74 Å². The lowest BCUT2D eigenvalue weighted by Gasteiger charge is -2.12. The lowest BCUT2D eigenvalue weighted by molar-refractivity contribution is 0.406. The van der Waals surface area contributed by atoms with E-state index < -0.39 is 0 Å². The summed E-state index contributed by atoms with van der Waals surface area (Å²) in [4.78, 5) is 4.44. The average molecular weight is 266 g/mol. The van der Waals surface area contributed by atoms with Crippen LogP contribution >= 0.6 is 11.6 Å².